The highest BCUT2D eigenvalue weighted by molar-refractivity contribution is 5.85. The average Bonchev–Trinajstić information content (AvgIpc) is 2.71. The molecule has 1 aliphatic rings. The van der Waals surface area contributed by atoms with E-state index in [-0.39, 0.29) is 31.0 Å². The van der Waals surface area contributed by atoms with E-state index in [2.05, 4.69) is 4.90 Å². The lowest BCUT2D eigenvalue weighted by Crippen LogP contribution is -2.48. The molecule has 1 aliphatic heterocycles. The van der Waals surface area contributed by atoms with E-state index in [1.807, 2.05) is 19.1 Å². The highest BCUT2D eigenvalue weighted by Gasteiger charge is 2.34. The number of ether oxygens (including phenoxy) is 2. The zero-order valence-electron chi connectivity index (χ0n) is 17.0. The third kappa shape index (κ3) is 6.59. The minimum atomic E-state index is -4.43. The highest BCUT2D eigenvalue weighted by atomic mass is 35.5. The van der Waals surface area contributed by atoms with Crippen LogP contribution in [0.25, 0.3) is 0 Å². The van der Waals surface area contributed by atoms with Crippen LogP contribution in [0.4, 0.5) is 13.2 Å². The standard InChI is InChI=1S/C22H24F3NO4.ClH/c1-21(15-26(12-13-30-21)11-10-20(27)28)17-6-8-18(9-7-17)29-14-16-4-2-3-5-19(16)22(23,24)25;/h2-9H,10-15H2,1H3,(H,27,28);1H. The lowest BCUT2D eigenvalue weighted by atomic mass is 9.93. The second kappa shape index (κ2) is 10.3. The highest BCUT2D eigenvalue weighted by Crippen LogP contribution is 2.33. The maximum absolute atomic E-state index is 13.1. The normalized spacial score (nSPS) is 19.5. The van der Waals surface area contributed by atoms with Gasteiger partial charge in [0, 0.05) is 25.2 Å². The molecule has 9 heteroatoms. The summed E-state index contributed by atoms with van der Waals surface area (Å²) < 4.78 is 50.8. The smallest absolute Gasteiger partial charge is 0.416 e. The van der Waals surface area contributed by atoms with Crippen molar-refractivity contribution < 1.29 is 32.5 Å². The summed E-state index contributed by atoms with van der Waals surface area (Å²) in [6.07, 6.45) is -4.36. The molecule has 1 saturated heterocycles. The molecule has 0 amide bonds. The topological polar surface area (TPSA) is 59.0 Å². The number of hydrogen-bond acceptors (Lipinski definition) is 4. The first kappa shape index (κ1) is 25.0. The number of alkyl halides is 3. The molecule has 0 aliphatic carbocycles. The number of benzene rings is 2. The fraction of sp³-hybridized carbons (Fsp3) is 0.409. The van der Waals surface area contributed by atoms with Crippen molar-refractivity contribution in [3.63, 3.8) is 0 Å². The zero-order valence-corrected chi connectivity index (χ0v) is 17.8. The second-order valence-corrected chi connectivity index (χ2v) is 7.47. The Morgan fingerprint density at radius 2 is 1.87 bits per heavy atom. The molecule has 0 aromatic heterocycles. The van der Waals surface area contributed by atoms with Gasteiger partial charge in [-0.1, -0.05) is 30.3 Å². The van der Waals surface area contributed by atoms with Gasteiger partial charge in [-0.05, 0) is 30.7 Å². The molecule has 2 aromatic carbocycles. The summed E-state index contributed by atoms with van der Waals surface area (Å²) >= 11 is 0. The molecule has 5 nitrogen and oxygen atoms in total. The number of halogens is 4. The SMILES string of the molecule is CC1(c2ccc(OCc3ccccc3C(F)(F)F)cc2)CN(CCC(=O)O)CCO1.Cl. The summed E-state index contributed by atoms with van der Waals surface area (Å²) in [4.78, 5) is 12.9. The van der Waals surface area contributed by atoms with Gasteiger partial charge in [-0.25, -0.2) is 0 Å². The van der Waals surface area contributed by atoms with Crippen molar-refractivity contribution in [3.8, 4) is 5.75 Å². The summed E-state index contributed by atoms with van der Waals surface area (Å²) in [5, 5.41) is 8.88. The van der Waals surface area contributed by atoms with Gasteiger partial charge in [0.15, 0.2) is 0 Å². The van der Waals surface area contributed by atoms with Crippen LogP contribution in [0.1, 0.15) is 30.0 Å². The lowest BCUT2D eigenvalue weighted by molar-refractivity contribution is -0.139. The van der Waals surface area contributed by atoms with E-state index in [1.165, 1.54) is 12.1 Å². The number of rotatable bonds is 7. The Balaban J connectivity index is 0.00000341. The third-order valence-corrected chi connectivity index (χ3v) is 5.18. The predicted molar refractivity (Wildman–Crippen MR) is 111 cm³/mol. The summed E-state index contributed by atoms with van der Waals surface area (Å²) in [7, 11) is 0. The molecule has 1 atom stereocenters. The molecular formula is C22H25ClF3NO4. The molecule has 1 N–H and O–H groups in total. The fourth-order valence-electron chi connectivity index (χ4n) is 3.56. The Morgan fingerprint density at radius 1 is 1.19 bits per heavy atom. The third-order valence-electron chi connectivity index (χ3n) is 5.18. The van der Waals surface area contributed by atoms with Crippen molar-refractivity contribution >= 4 is 18.4 Å². The molecule has 0 spiro atoms. The Hall–Kier alpha value is -2.29. The number of carbonyl (C=O) groups is 1. The molecule has 31 heavy (non-hydrogen) atoms. The van der Waals surface area contributed by atoms with Crippen LogP contribution >= 0.6 is 12.4 Å². The Morgan fingerprint density at radius 3 is 2.52 bits per heavy atom. The van der Waals surface area contributed by atoms with E-state index in [0.717, 1.165) is 11.6 Å². The lowest BCUT2D eigenvalue weighted by Gasteiger charge is -2.40. The van der Waals surface area contributed by atoms with Crippen molar-refractivity contribution in [2.24, 2.45) is 0 Å². The minimum absolute atomic E-state index is 0. The average molecular weight is 460 g/mol. The Bertz CT molecular complexity index is 876. The first-order chi connectivity index (χ1) is 14.2. The van der Waals surface area contributed by atoms with E-state index in [1.54, 1.807) is 18.2 Å². The molecule has 3 rings (SSSR count). The van der Waals surface area contributed by atoms with Crippen molar-refractivity contribution in [1.82, 2.24) is 4.90 Å². The molecule has 0 saturated carbocycles. The molecule has 0 radical (unpaired) electrons. The number of carboxylic acid groups (broad SMARTS) is 1. The summed E-state index contributed by atoms with van der Waals surface area (Å²) in [6.45, 7) is 3.92. The number of morpholine rings is 1. The fourth-order valence-corrected chi connectivity index (χ4v) is 3.56. The summed E-state index contributed by atoms with van der Waals surface area (Å²) in [5.74, 6) is -0.380. The van der Waals surface area contributed by atoms with E-state index in [9.17, 15) is 18.0 Å². The van der Waals surface area contributed by atoms with E-state index >= 15 is 0 Å². The molecule has 1 unspecified atom stereocenters. The number of hydrogen-bond donors (Lipinski definition) is 1. The zero-order chi connectivity index (χ0) is 21.8. The van der Waals surface area contributed by atoms with E-state index < -0.39 is 23.3 Å². The van der Waals surface area contributed by atoms with Crippen LogP contribution in [0.2, 0.25) is 0 Å². The monoisotopic (exact) mass is 459 g/mol. The molecular weight excluding hydrogens is 435 g/mol. The van der Waals surface area contributed by atoms with Crippen molar-refractivity contribution in [1.29, 1.82) is 0 Å². The van der Waals surface area contributed by atoms with Gasteiger partial charge >= 0.3 is 12.1 Å². The van der Waals surface area contributed by atoms with Crippen LogP contribution < -0.4 is 4.74 Å². The second-order valence-electron chi connectivity index (χ2n) is 7.47. The quantitative estimate of drug-likeness (QED) is 0.648. The van der Waals surface area contributed by atoms with Crippen molar-refractivity contribution in [2.45, 2.75) is 31.7 Å². The summed E-state index contributed by atoms with van der Waals surface area (Å²) in [5.41, 5.74) is -0.333. The van der Waals surface area contributed by atoms with Crippen LogP contribution in [-0.4, -0.2) is 42.2 Å². The van der Waals surface area contributed by atoms with Crippen LogP contribution in [0, 0.1) is 0 Å². The van der Waals surface area contributed by atoms with Crippen LogP contribution in [0.3, 0.4) is 0 Å². The first-order valence-electron chi connectivity index (χ1n) is 9.64. The summed E-state index contributed by atoms with van der Waals surface area (Å²) in [6, 6.07) is 12.4. The van der Waals surface area contributed by atoms with Crippen molar-refractivity contribution in [3.05, 3.63) is 65.2 Å². The molecule has 2 aromatic rings. The minimum Gasteiger partial charge on any atom is -0.489 e. The first-order valence-corrected chi connectivity index (χ1v) is 9.64. The molecule has 170 valence electrons. The molecule has 1 heterocycles. The van der Waals surface area contributed by atoms with Gasteiger partial charge in [-0.3, -0.25) is 9.69 Å². The maximum Gasteiger partial charge on any atom is 0.416 e. The van der Waals surface area contributed by atoms with Gasteiger partial charge < -0.3 is 14.6 Å². The number of aliphatic carboxylic acids is 1. The van der Waals surface area contributed by atoms with Gasteiger partial charge in [0.05, 0.1) is 18.6 Å². The van der Waals surface area contributed by atoms with Crippen LogP contribution in [0.15, 0.2) is 48.5 Å². The molecule has 1 fully saturated rings. The Kier molecular flexibility index (Phi) is 8.34. The van der Waals surface area contributed by atoms with Gasteiger partial charge in [0.2, 0.25) is 0 Å². The van der Waals surface area contributed by atoms with Crippen LogP contribution in [0.5, 0.6) is 5.75 Å². The van der Waals surface area contributed by atoms with Crippen LogP contribution in [-0.2, 0) is 27.9 Å². The molecule has 0 bridgehead atoms. The number of carboxylic acids is 1. The van der Waals surface area contributed by atoms with Gasteiger partial charge in [-0.15, -0.1) is 12.4 Å². The number of nitrogens with zero attached hydrogens (tertiary/aromatic N) is 1. The maximum atomic E-state index is 13.1. The van der Waals surface area contributed by atoms with Crippen molar-refractivity contribution in [2.75, 3.05) is 26.2 Å². The van der Waals surface area contributed by atoms with E-state index in [0.29, 0.717) is 32.0 Å². The Labute approximate surface area is 185 Å². The largest absolute Gasteiger partial charge is 0.489 e. The predicted octanol–water partition coefficient (Wildman–Crippen LogP) is 4.73. The van der Waals surface area contributed by atoms with Gasteiger partial charge in [-0.2, -0.15) is 13.2 Å². The van der Waals surface area contributed by atoms with Gasteiger partial charge in [0.1, 0.15) is 18.0 Å². The van der Waals surface area contributed by atoms with E-state index in [4.69, 9.17) is 14.6 Å². The van der Waals surface area contributed by atoms with Gasteiger partial charge in [0.25, 0.3) is 0 Å².